The third-order valence-corrected chi connectivity index (χ3v) is 7.89. The Bertz CT molecular complexity index is 1820. The van der Waals surface area contributed by atoms with Crippen LogP contribution in [0.25, 0.3) is 15.8 Å². The highest BCUT2D eigenvalue weighted by Gasteiger charge is 2.30. The number of thiophene rings is 1. The van der Waals surface area contributed by atoms with E-state index in [4.69, 9.17) is 15.2 Å². The quantitative estimate of drug-likeness (QED) is 0.175. The Hall–Kier alpha value is -5.09. The molecular weight excluding hydrogens is 558 g/mol. The lowest BCUT2D eigenvalue weighted by molar-refractivity contribution is 0.0515. The molecule has 0 amide bonds. The summed E-state index contributed by atoms with van der Waals surface area (Å²) in [7, 11) is 0. The maximum atomic E-state index is 14.0. The number of hydrazone groups is 1. The Morgan fingerprint density at radius 1 is 1.14 bits per heavy atom. The number of fused-ring (bicyclic) bond motifs is 2. The van der Waals surface area contributed by atoms with Gasteiger partial charge in [-0.05, 0) is 63.3 Å². The van der Waals surface area contributed by atoms with E-state index in [2.05, 4.69) is 20.6 Å². The van der Waals surface area contributed by atoms with Crippen molar-refractivity contribution in [1.82, 2.24) is 14.8 Å². The van der Waals surface area contributed by atoms with Crippen LogP contribution in [-0.4, -0.2) is 45.6 Å². The first-order valence-corrected chi connectivity index (χ1v) is 14.2. The van der Waals surface area contributed by atoms with Crippen LogP contribution in [0.4, 0.5) is 11.5 Å². The van der Waals surface area contributed by atoms with E-state index in [9.17, 15) is 19.6 Å². The number of anilines is 2. The molecular formula is C29H27N7O5S. The molecule has 0 unspecified atom stereocenters. The van der Waals surface area contributed by atoms with Gasteiger partial charge in [-0.3, -0.25) is 10.2 Å². The standard InChI is InChI=1S/C29H27N7O5S/c1-3-40-28(38)23-17-12-8-9-13-21(17)42-27(23)36-26(37)22-18(24(35-36)29(39)41-4-2)14-19(32-25(22)31)20(15-30)34-33-16-10-6-5-7-11-16/h5-7,10-11,14,33H,3-4,8-9,12-13H2,1-2H3,(H2,31,32)/b34-20-. The first-order chi connectivity index (χ1) is 20.4. The second-order valence-corrected chi connectivity index (χ2v) is 10.3. The number of esters is 2. The van der Waals surface area contributed by atoms with Crippen LogP contribution in [0.2, 0.25) is 0 Å². The van der Waals surface area contributed by atoms with Crippen LogP contribution in [-0.2, 0) is 22.3 Å². The lowest BCUT2D eigenvalue weighted by Crippen LogP contribution is -2.27. The second kappa shape index (κ2) is 12.2. The van der Waals surface area contributed by atoms with Crippen LogP contribution >= 0.6 is 11.3 Å². The van der Waals surface area contributed by atoms with Gasteiger partial charge in [-0.25, -0.2) is 14.6 Å². The number of carbonyl (C=O) groups is 2. The Balaban J connectivity index is 1.74. The monoisotopic (exact) mass is 585 g/mol. The van der Waals surface area contributed by atoms with Gasteiger partial charge in [-0.2, -0.15) is 20.1 Å². The van der Waals surface area contributed by atoms with E-state index in [1.165, 1.54) is 17.4 Å². The number of benzene rings is 1. The fourth-order valence-corrected chi connectivity index (χ4v) is 6.10. The van der Waals surface area contributed by atoms with E-state index < -0.39 is 17.5 Å². The number of aromatic nitrogens is 3. The molecule has 4 aromatic rings. The third kappa shape index (κ3) is 5.31. The minimum absolute atomic E-state index is 0.0224. The van der Waals surface area contributed by atoms with Crippen molar-refractivity contribution in [3.05, 3.63) is 74.1 Å². The average Bonchev–Trinajstić information content (AvgIpc) is 3.38. The summed E-state index contributed by atoms with van der Waals surface area (Å²) >= 11 is 1.26. The SMILES string of the molecule is CCOC(=O)c1c(-n2nc(C(=O)OCC)c3cc(/C(C#N)=N\Nc4ccccc4)nc(N)c3c2=O)sc2c1CCCC2. The molecule has 1 aliphatic rings. The van der Waals surface area contributed by atoms with Crippen molar-refractivity contribution in [2.75, 3.05) is 24.4 Å². The topological polar surface area (TPSA) is 175 Å². The average molecular weight is 586 g/mol. The fourth-order valence-electron chi connectivity index (χ4n) is 4.78. The molecule has 1 aliphatic carbocycles. The zero-order chi connectivity index (χ0) is 29.8. The number of nitrogens with zero attached hydrogens (tertiary/aromatic N) is 5. The molecule has 5 rings (SSSR count). The number of aryl methyl sites for hydroxylation is 1. The Morgan fingerprint density at radius 3 is 2.57 bits per heavy atom. The maximum absolute atomic E-state index is 14.0. The summed E-state index contributed by atoms with van der Waals surface area (Å²) in [6, 6.07) is 12.3. The molecule has 0 saturated carbocycles. The molecule has 0 spiro atoms. The molecule has 1 aromatic carbocycles. The van der Waals surface area contributed by atoms with Gasteiger partial charge < -0.3 is 15.2 Å². The van der Waals surface area contributed by atoms with Gasteiger partial charge in [0.25, 0.3) is 5.56 Å². The lowest BCUT2D eigenvalue weighted by Gasteiger charge is -2.14. The van der Waals surface area contributed by atoms with Crippen molar-refractivity contribution < 1.29 is 19.1 Å². The van der Waals surface area contributed by atoms with E-state index in [0.29, 0.717) is 12.1 Å². The van der Waals surface area contributed by atoms with Crippen molar-refractivity contribution in [2.24, 2.45) is 5.10 Å². The molecule has 0 radical (unpaired) electrons. The number of pyridine rings is 1. The van der Waals surface area contributed by atoms with Gasteiger partial charge in [0.15, 0.2) is 11.4 Å². The smallest absolute Gasteiger partial charge is 0.359 e. The second-order valence-electron chi connectivity index (χ2n) is 9.26. The van der Waals surface area contributed by atoms with E-state index >= 15 is 0 Å². The van der Waals surface area contributed by atoms with E-state index in [0.717, 1.165) is 34.4 Å². The number of nitrogen functional groups attached to an aromatic ring is 1. The molecule has 3 aromatic heterocycles. The van der Waals surface area contributed by atoms with Crippen LogP contribution in [0.15, 0.2) is 46.3 Å². The Morgan fingerprint density at radius 2 is 1.86 bits per heavy atom. The van der Waals surface area contributed by atoms with Gasteiger partial charge in [0.1, 0.15) is 22.6 Å². The minimum Gasteiger partial charge on any atom is -0.462 e. The van der Waals surface area contributed by atoms with E-state index in [1.807, 2.05) is 12.1 Å². The molecule has 12 nitrogen and oxygen atoms in total. The highest BCUT2D eigenvalue weighted by molar-refractivity contribution is 7.15. The van der Waals surface area contributed by atoms with Crippen LogP contribution in [0.1, 0.15) is 63.7 Å². The number of ether oxygens (including phenoxy) is 2. The maximum Gasteiger partial charge on any atom is 0.359 e. The van der Waals surface area contributed by atoms with Gasteiger partial charge in [-0.1, -0.05) is 18.2 Å². The summed E-state index contributed by atoms with van der Waals surface area (Å²) in [6.07, 6.45) is 3.25. The first-order valence-electron chi connectivity index (χ1n) is 13.4. The molecule has 0 fully saturated rings. The number of carbonyl (C=O) groups excluding carboxylic acids is 2. The zero-order valence-corrected chi connectivity index (χ0v) is 23.8. The van der Waals surface area contributed by atoms with E-state index in [-0.39, 0.29) is 57.5 Å². The zero-order valence-electron chi connectivity index (χ0n) is 23.0. The van der Waals surface area contributed by atoms with Crippen molar-refractivity contribution in [1.29, 1.82) is 5.26 Å². The molecule has 0 aliphatic heterocycles. The lowest BCUT2D eigenvalue weighted by atomic mass is 9.95. The fraction of sp³-hybridized carbons (Fsp3) is 0.276. The summed E-state index contributed by atoms with van der Waals surface area (Å²) in [4.78, 5) is 45.5. The molecule has 42 heavy (non-hydrogen) atoms. The number of rotatable bonds is 8. The third-order valence-electron chi connectivity index (χ3n) is 6.62. The molecule has 0 atom stereocenters. The van der Waals surface area contributed by atoms with Crippen LogP contribution < -0.4 is 16.7 Å². The first kappa shape index (κ1) is 28.4. The molecule has 0 saturated heterocycles. The van der Waals surface area contributed by atoms with Gasteiger partial charge in [0.05, 0.1) is 29.9 Å². The van der Waals surface area contributed by atoms with Gasteiger partial charge >= 0.3 is 11.9 Å². The normalized spacial score (nSPS) is 12.8. The Kier molecular flexibility index (Phi) is 8.26. The molecule has 13 heteroatoms. The minimum atomic E-state index is -0.815. The molecule has 0 bridgehead atoms. The Labute approximate surface area is 244 Å². The van der Waals surface area contributed by atoms with Gasteiger partial charge in [0, 0.05) is 10.3 Å². The molecule has 3 N–H and O–H groups in total. The van der Waals surface area contributed by atoms with Crippen LogP contribution in [0, 0.1) is 11.3 Å². The van der Waals surface area contributed by atoms with E-state index in [1.54, 1.807) is 38.1 Å². The number of nitrogens with two attached hydrogens (primary N) is 1. The number of hydrogen-bond donors (Lipinski definition) is 2. The van der Waals surface area contributed by atoms with Crippen molar-refractivity contribution >= 4 is 51.3 Å². The number of hydrogen-bond acceptors (Lipinski definition) is 12. The van der Waals surface area contributed by atoms with Crippen molar-refractivity contribution in [3.8, 4) is 11.1 Å². The number of nitrogens with one attached hydrogen (secondary N) is 1. The van der Waals surface area contributed by atoms with Crippen LogP contribution in [0.5, 0.6) is 0 Å². The number of nitriles is 1. The highest BCUT2D eigenvalue weighted by atomic mass is 32.1. The summed E-state index contributed by atoms with van der Waals surface area (Å²) in [5.74, 6) is -1.62. The van der Waals surface area contributed by atoms with Gasteiger partial charge in [0.2, 0.25) is 0 Å². The largest absolute Gasteiger partial charge is 0.462 e. The van der Waals surface area contributed by atoms with Gasteiger partial charge in [-0.15, -0.1) is 11.3 Å². The predicted octanol–water partition coefficient (Wildman–Crippen LogP) is 4.00. The summed E-state index contributed by atoms with van der Waals surface area (Å²) in [5.41, 5.74) is 9.79. The predicted molar refractivity (Wildman–Crippen MR) is 158 cm³/mol. The number of para-hydroxylation sites is 1. The van der Waals surface area contributed by atoms with Crippen LogP contribution in [0.3, 0.4) is 0 Å². The molecule has 3 heterocycles. The van der Waals surface area contributed by atoms with Crippen molar-refractivity contribution in [3.63, 3.8) is 0 Å². The van der Waals surface area contributed by atoms with Crippen molar-refractivity contribution in [2.45, 2.75) is 39.5 Å². The molecule has 214 valence electrons. The summed E-state index contributed by atoms with van der Waals surface area (Å²) < 4.78 is 11.6. The summed E-state index contributed by atoms with van der Waals surface area (Å²) in [5, 5.41) is 18.5. The summed E-state index contributed by atoms with van der Waals surface area (Å²) in [6.45, 7) is 3.54. The highest BCUT2D eigenvalue weighted by Crippen LogP contribution is 2.37.